The average Bonchev–Trinajstić information content (AvgIpc) is 2.64. The van der Waals surface area contributed by atoms with Crippen LogP contribution in [-0.4, -0.2) is 16.3 Å². The Labute approximate surface area is 115 Å². The Morgan fingerprint density at radius 3 is 2.37 bits per heavy atom. The summed E-state index contributed by atoms with van der Waals surface area (Å²) in [4.78, 5) is 0. The highest BCUT2D eigenvalue weighted by Gasteiger charge is 2.16. The Bertz CT molecular complexity index is 609. The molecule has 0 spiro atoms. The molecule has 1 aromatic carbocycles. The summed E-state index contributed by atoms with van der Waals surface area (Å²) in [6.45, 7) is 9.31. The Morgan fingerprint density at radius 2 is 1.74 bits per heavy atom. The number of benzene rings is 1. The lowest BCUT2D eigenvalue weighted by Gasteiger charge is -2.12. The number of aromatic nitrogens is 2. The van der Waals surface area contributed by atoms with Crippen LogP contribution < -0.4 is 5.73 Å². The molecule has 0 aliphatic heterocycles. The zero-order valence-electron chi connectivity index (χ0n) is 12.5. The molecule has 102 valence electrons. The van der Waals surface area contributed by atoms with Gasteiger partial charge < -0.3 is 5.73 Å². The quantitative estimate of drug-likeness (QED) is 0.919. The van der Waals surface area contributed by atoms with Gasteiger partial charge in [0.05, 0.1) is 11.4 Å². The van der Waals surface area contributed by atoms with Crippen molar-refractivity contribution in [2.75, 3.05) is 6.54 Å². The van der Waals surface area contributed by atoms with Gasteiger partial charge in [-0.1, -0.05) is 12.1 Å². The molecule has 0 bridgehead atoms. The minimum atomic E-state index is 0.642. The summed E-state index contributed by atoms with van der Waals surface area (Å²) in [5.74, 6) is 0. The minimum Gasteiger partial charge on any atom is -0.330 e. The first kappa shape index (κ1) is 13.8. The molecule has 3 nitrogen and oxygen atoms in total. The molecule has 1 aromatic heterocycles. The zero-order chi connectivity index (χ0) is 14.2. The number of aryl methyl sites for hydroxylation is 2. The maximum Gasteiger partial charge on any atom is 0.0713 e. The van der Waals surface area contributed by atoms with E-state index in [-0.39, 0.29) is 0 Å². The topological polar surface area (TPSA) is 43.8 Å². The van der Waals surface area contributed by atoms with Crippen LogP contribution in [0, 0.1) is 27.7 Å². The Kier molecular flexibility index (Phi) is 3.76. The van der Waals surface area contributed by atoms with Gasteiger partial charge in [-0.2, -0.15) is 5.10 Å². The summed E-state index contributed by atoms with van der Waals surface area (Å²) < 4.78 is 1.98. The SMILES string of the molecule is Cc1ccc(-c2c(C)c(CCN)nn2C)c(C)c1C. The second kappa shape index (κ2) is 5.17. The number of nitrogens with zero attached hydrogens (tertiary/aromatic N) is 2. The number of hydrogen-bond acceptors (Lipinski definition) is 2. The van der Waals surface area contributed by atoms with Crippen molar-refractivity contribution in [2.45, 2.75) is 34.1 Å². The van der Waals surface area contributed by atoms with Gasteiger partial charge in [-0.05, 0) is 56.5 Å². The van der Waals surface area contributed by atoms with Gasteiger partial charge in [0, 0.05) is 19.0 Å². The second-order valence-corrected chi connectivity index (χ2v) is 5.26. The van der Waals surface area contributed by atoms with E-state index in [4.69, 9.17) is 5.73 Å². The summed E-state index contributed by atoms with van der Waals surface area (Å²) >= 11 is 0. The molecule has 1 heterocycles. The van der Waals surface area contributed by atoms with Gasteiger partial charge in [0.25, 0.3) is 0 Å². The zero-order valence-corrected chi connectivity index (χ0v) is 12.5. The first-order valence-electron chi connectivity index (χ1n) is 6.77. The van der Waals surface area contributed by atoms with Crippen molar-refractivity contribution in [3.63, 3.8) is 0 Å². The van der Waals surface area contributed by atoms with Crippen LogP contribution in [0.25, 0.3) is 11.3 Å². The lowest BCUT2D eigenvalue weighted by atomic mass is 9.95. The number of hydrogen-bond donors (Lipinski definition) is 1. The van der Waals surface area contributed by atoms with E-state index in [0.717, 1.165) is 12.1 Å². The van der Waals surface area contributed by atoms with Crippen molar-refractivity contribution in [3.05, 3.63) is 40.1 Å². The highest BCUT2D eigenvalue weighted by molar-refractivity contribution is 5.70. The minimum absolute atomic E-state index is 0.642. The van der Waals surface area contributed by atoms with Gasteiger partial charge in [0.15, 0.2) is 0 Å². The van der Waals surface area contributed by atoms with E-state index in [1.807, 2.05) is 11.7 Å². The number of nitrogens with two attached hydrogens (primary N) is 1. The Morgan fingerprint density at radius 1 is 1.05 bits per heavy atom. The van der Waals surface area contributed by atoms with Crippen molar-refractivity contribution >= 4 is 0 Å². The first-order valence-corrected chi connectivity index (χ1v) is 6.77. The van der Waals surface area contributed by atoms with E-state index in [2.05, 4.69) is 44.9 Å². The smallest absolute Gasteiger partial charge is 0.0713 e. The predicted molar refractivity (Wildman–Crippen MR) is 80.4 cm³/mol. The third kappa shape index (κ3) is 2.30. The van der Waals surface area contributed by atoms with Crippen LogP contribution in [0.3, 0.4) is 0 Å². The fraction of sp³-hybridized carbons (Fsp3) is 0.438. The fourth-order valence-electron chi connectivity index (χ4n) is 2.65. The van der Waals surface area contributed by atoms with Gasteiger partial charge in [-0.25, -0.2) is 0 Å². The van der Waals surface area contributed by atoms with Crippen molar-refractivity contribution < 1.29 is 0 Å². The van der Waals surface area contributed by atoms with Crippen LogP contribution in [0.4, 0.5) is 0 Å². The molecule has 0 saturated heterocycles. The molecule has 0 amide bonds. The van der Waals surface area contributed by atoms with E-state index in [9.17, 15) is 0 Å². The standard InChI is InChI=1S/C16H23N3/c1-10-6-7-14(12(3)11(10)2)16-13(4)15(8-9-17)18-19(16)5/h6-7H,8-9,17H2,1-5H3. The van der Waals surface area contributed by atoms with Crippen LogP contribution in [0.1, 0.15) is 27.9 Å². The molecule has 0 atom stereocenters. The third-order valence-corrected chi connectivity index (χ3v) is 4.08. The highest BCUT2D eigenvalue weighted by Crippen LogP contribution is 2.30. The lowest BCUT2D eigenvalue weighted by molar-refractivity contribution is 0.744. The van der Waals surface area contributed by atoms with E-state index in [0.29, 0.717) is 6.54 Å². The summed E-state index contributed by atoms with van der Waals surface area (Å²) in [6.07, 6.45) is 0.837. The van der Waals surface area contributed by atoms with E-state index in [1.54, 1.807) is 0 Å². The van der Waals surface area contributed by atoms with Crippen molar-refractivity contribution in [2.24, 2.45) is 12.8 Å². The second-order valence-electron chi connectivity index (χ2n) is 5.26. The summed E-state index contributed by atoms with van der Waals surface area (Å²) in [7, 11) is 2.01. The molecule has 0 aliphatic carbocycles. The monoisotopic (exact) mass is 257 g/mol. The molecule has 0 aliphatic rings. The molecule has 2 aromatic rings. The third-order valence-electron chi connectivity index (χ3n) is 4.08. The van der Waals surface area contributed by atoms with E-state index in [1.165, 1.54) is 33.5 Å². The molecule has 2 rings (SSSR count). The van der Waals surface area contributed by atoms with E-state index < -0.39 is 0 Å². The van der Waals surface area contributed by atoms with Gasteiger partial charge in [-0.15, -0.1) is 0 Å². The highest BCUT2D eigenvalue weighted by atomic mass is 15.3. The molecule has 3 heteroatoms. The van der Waals surface area contributed by atoms with Gasteiger partial charge in [-0.3, -0.25) is 4.68 Å². The van der Waals surface area contributed by atoms with Crippen molar-refractivity contribution in [3.8, 4) is 11.3 Å². The first-order chi connectivity index (χ1) is 8.97. The van der Waals surface area contributed by atoms with Crippen LogP contribution in [-0.2, 0) is 13.5 Å². The maximum absolute atomic E-state index is 5.65. The molecular formula is C16H23N3. The van der Waals surface area contributed by atoms with Crippen LogP contribution in [0.15, 0.2) is 12.1 Å². The van der Waals surface area contributed by atoms with Crippen LogP contribution in [0.5, 0.6) is 0 Å². The lowest BCUT2D eigenvalue weighted by Crippen LogP contribution is -2.04. The molecule has 2 N–H and O–H groups in total. The molecule has 0 saturated carbocycles. The Balaban J connectivity index is 2.63. The molecule has 0 unspecified atom stereocenters. The van der Waals surface area contributed by atoms with E-state index >= 15 is 0 Å². The molecule has 0 fully saturated rings. The fourth-order valence-corrected chi connectivity index (χ4v) is 2.65. The molecular weight excluding hydrogens is 234 g/mol. The van der Waals surface area contributed by atoms with Crippen LogP contribution in [0.2, 0.25) is 0 Å². The van der Waals surface area contributed by atoms with Crippen molar-refractivity contribution in [1.82, 2.24) is 9.78 Å². The number of rotatable bonds is 3. The van der Waals surface area contributed by atoms with Gasteiger partial charge >= 0.3 is 0 Å². The van der Waals surface area contributed by atoms with Gasteiger partial charge in [0.1, 0.15) is 0 Å². The summed E-state index contributed by atoms with van der Waals surface area (Å²) in [5, 5.41) is 4.61. The summed E-state index contributed by atoms with van der Waals surface area (Å²) in [5.41, 5.74) is 14.5. The summed E-state index contributed by atoms with van der Waals surface area (Å²) in [6, 6.07) is 4.39. The average molecular weight is 257 g/mol. The largest absolute Gasteiger partial charge is 0.330 e. The van der Waals surface area contributed by atoms with Crippen LogP contribution >= 0.6 is 0 Å². The predicted octanol–water partition coefficient (Wildman–Crippen LogP) is 2.82. The molecule has 0 radical (unpaired) electrons. The molecule has 19 heavy (non-hydrogen) atoms. The maximum atomic E-state index is 5.65. The van der Waals surface area contributed by atoms with Crippen molar-refractivity contribution in [1.29, 1.82) is 0 Å². The Hall–Kier alpha value is -1.61. The normalized spacial score (nSPS) is 11.1. The van der Waals surface area contributed by atoms with Gasteiger partial charge in [0.2, 0.25) is 0 Å².